The Morgan fingerprint density at radius 1 is 0.846 bits per heavy atom. The van der Waals surface area contributed by atoms with E-state index >= 15 is 0 Å². The average Bonchev–Trinajstić information content (AvgIpc) is 2.86. The number of anilines is 2. The van der Waals surface area contributed by atoms with Crippen LogP contribution in [0.15, 0.2) is 24.3 Å². The number of ketones is 2. The first-order chi connectivity index (χ1) is 12.6. The summed E-state index contributed by atoms with van der Waals surface area (Å²) in [5, 5.41) is 13.8. The molecule has 26 heavy (non-hydrogen) atoms. The summed E-state index contributed by atoms with van der Waals surface area (Å²) in [5.74, 6) is -0.154. The van der Waals surface area contributed by atoms with E-state index in [1.165, 1.54) is 0 Å². The fraction of sp³-hybridized carbons (Fsp3) is 0.300. The molecule has 2 atom stereocenters. The second-order valence-corrected chi connectivity index (χ2v) is 6.87. The number of benzene rings is 2. The van der Waals surface area contributed by atoms with Gasteiger partial charge in [0.25, 0.3) is 0 Å². The van der Waals surface area contributed by atoms with Crippen molar-refractivity contribution in [2.45, 2.75) is 26.2 Å². The topological polar surface area (TPSA) is 82.3 Å². The number of carbonyl (C=O) groups excluding carboxylic acids is 2. The first-order valence-corrected chi connectivity index (χ1v) is 9.08. The molecule has 1 aliphatic carbocycles. The highest BCUT2D eigenvalue weighted by Crippen LogP contribution is 2.48. The zero-order valence-electron chi connectivity index (χ0n) is 14.7. The summed E-state index contributed by atoms with van der Waals surface area (Å²) in [6.45, 7) is 5.64. The molecule has 0 aromatic heterocycles. The Morgan fingerprint density at radius 2 is 1.58 bits per heavy atom. The lowest BCUT2D eigenvalue weighted by atomic mass is 9.80. The van der Waals surface area contributed by atoms with Crippen molar-refractivity contribution in [2.75, 3.05) is 23.7 Å². The molecule has 8 bridgehead atoms. The Balaban J connectivity index is 1.83. The van der Waals surface area contributed by atoms with Crippen LogP contribution in [0.2, 0.25) is 0 Å². The molecular formula is C20H20N4O2. The zero-order valence-corrected chi connectivity index (χ0v) is 14.7. The van der Waals surface area contributed by atoms with E-state index < -0.39 is 0 Å². The summed E-state index contributed by atoms with van der Waals surface area (Å²) in [6, 6.07) is 7.43. The maximum Gasteiger partial charge on any atom is 0.196 e. The first-order valence-electron chi connectivity index (χ1n) is 9.08. The molecule has 7 rings (SSSR count). The monoisotopic (exact) mass is 348 g/mol. The molecule has 2 aromatic rings. The minimum absolute atomic E-state index is 0.0680. The van der Waals surface area contributed by atoms with Crippen LogP contribution in [-0.4, -0.2) is 24.7 Å². The van der Waals surface area contributed by atoms with Gasteiger partial charge in [0.05, 0.1) is 16.9 Å². The third-order valence-corrected chi connectivity index (χ3v) is 5.40. The van der Waals surface area contributed by atoms with E-state index in [4.69, 9.17) is 0 Å². The highest BCUT2D eigenvalue weighted by Gasteiger charge is 2.40. The lowest BCUT2D eigenvalue weighted by Crippen LogP contribution is -2.31. The van der Waals surface area contributed by atoms with Crippen molar-refractivity contribution < 1.29 is 9.59 Å². The normalized spacial score (nSPS) is 21.3. The van der Waals surface area contributed by atoms with Crippen molar-refractivity contribution in [2.24, 2.45) is 0 Å². The minimum Gasteiger partial charge on any atom is -0.364 e. The molecule has 4 heterocycles. The van der Waals surface area contributed by atoms with Gasteiger partial charge in [0.15, 0.2) is 11.6 Å². The number of carbonyl (C=O) groups is 2. The van der Waals surface area contributed by atoms with Crippen LogP contribution >= 0.6 is 0 Å². The van der Waals surface area contributed by atoms with Crippen LogP contribution in [0.3, 0.4) is 0 Å². The first kappa shape index (κ1) is 15.5. The average molecular weight is 348 g/mol. The number of hydrogen-bond donors (Lipinski definition) is 4. The fourth-order valence-corrected chi connectivity index (χ4v) is 4.24. The summed E-state index contributed by atoms with van der Waals surface area (Å²) in [7, 11) is 0. The number of hydrogen-bond acceptors (Lipinski definition) is 6. The van der Waals surface area contributed by atoms with Crippen molar-refractivity contribution in [3.8, 4) is 0 Å². The van der Waals surface area contributed by atoms with Crippen LogP contribution in [0.5, 0.6) is 0 Å². The molecule has 0 radical (unpaired) electrons. The van der Waals surface area contributed by atoms with Crippen LogP contribution in [0.1, 0.15) is 69.1 Å². The van der Waals surface area contributed by atoms with Gasteiger partial charge in [0.1, 0.15) is 12.3 Å². The summed E-state index contributed by atoms with van der Waals surface area (Å²) in [6.07, 6.45) is -0.247. The summed E-state index contributed by atoms with van der Waals surface area (Å²) < 4.78 is 0. The largest absolute Gasteiger partial charge is 0.364 e. The van der Waals surface area contributed by atoms with E-state index in [0.29, 0.717) is 22.3 Å². The van der Waals surface area contributed by atoms with Crippen molar-refractivity contribution in [1.29, 1.82) is 0 Å². The van der Waals surface area contributed by atoms with Crippen LogP contribution in [0.25, 0.3) is 0 Å². The predicted octanol–water partition coefficient (Wildman–Crippen LogP) is 2.53. The number of nitrogens with one attached hydrogen (secondary N) is 4. The van der Waals surface area contributed by atoms with E-state index in [2.05, 4.69) is 21.3 Å². The number of rotatable bonds is 4. The lowest BCUT2D eigenvalue weighted by Gasteiger charge is -2.28. The van der Waals surface area contributed by atoms with E-state index in [9.17, 15) is 9.59 Å². The summed E-state index contributed by atoms with van der Waals surface area (Å²) >= 11 is 0. The van der Waals surface area contributed by atoms with Gasteiger partial charge in [0, 0.05) is 22.3 Å². The van der Waals surface area contributed by atoms with Gasteiger partial charge in [-0.25, -0.2) is 0 Å². The van der Waals surface area contributed by atoms with Gasteiger partial charge >= 0.3 is 0 Å². The quantitative estimate of drug-likeness (QED) is 0.580. The Kier molecular flexibility index (Phi) is 3.23. The Bertz CT molecular complexity index is 982. The second kappa shape index (κ2) is 5.40. The van der Waals surface area contributed by atoms with Gasteiger partial charge in [-0.3, -0.25) is 20.2 Å². The van der Waals surface area contributed by atoms with Crippen molar-refractivity contribution in [3.63, 3.8) is 0 Å². The van der Waals surface area contributed by atoms with E-state index in [1.54, 1.807) is 6.07 Å². The molecular weight excluding hydrogens is 328 g/mol. The van der Waals surface area contributed by atoms with Crippen LogP contribution in [0, 0.1) is 0 Å². The molecule has 0 amide bonds. The third-order valence-electron chi connectivity index (χ3n) is 5.40. The van der Waals surface area contributed by atoms with Gasteiger partial charge in [-0.2, -0.15) is 0 Å². The Labute approximate surface area is 151 Å². The Morgan fingerprint density at radius 3 is 2.35 bits per heavy atom. The smallest absolute Gasteiger partial charge is 0.196 e. The van der Waals surface area contributed by atoms with Gasteiger partial charge in [-0.05, 0) is 36.9 Å². The molecule has 5 aliphatic rings. The lowest BCUT2D eigenvalue weighted by molar-refractivity contribution is 0.0979. The summed E-state index contributed by atoms with van der Waals surface area (Å²) in [4.78, 5) is 26.3. The molecule has 6 nitrogen and oxygen atoms in total. The molecule has 2 unspecified atom stereocenters. The SMILES string of the molecule is CCNC1Nc2c3cc4c(c2NC3NCC)C(=O)c2ccc1cc2C4=O. The maximum atomic E-state index is 13.2. The molecule has 6 heteroatoms. The minimum atomic E-state index is -0.134. The van der Waals surface area contributed by atoms with Gasteiger partial charge in [0.2, 0.25) is 0 Å². The molecule has 0 fully saturated rings. The predicted molar refractivity (Wildman–Crippen MR) is 99.8 cm³/mol. The Hall–Kier alpha value is -2.70. The molecule has 2 aromatic carbocycles. The van der Waals surface area contributed by atoms with Crippen LogP contribution in [-0.2, 0) is 0 Å². The number of fused-ring (bicyclic) bond motifs is 1. The molecule has 4 aliphatic heterocycles. The standard InChI is InChI=1S/C20H20N4O2/c1-3-21-19-9-5-6-10-11(7-9)17(25)12-8-13-15(23-19)16(14(12)18(10)26)24-20(13)22-4-2/h5-8,19-24H,3-4H2,1-2H3. The fourth-order valence-electron chi connectivity index (χ4n) is 4.24. The van der Waals surface area contributed by atoms with Gasteiger partial charge < -0.3 is 10.6 Å². The van der Waals surface area contributed by atoms with Crippen LogP contribution in [0.4, 0.5) is 11.4 Å². The zero-order chi connectivity index (χ0) is 18.0. The van der Waals surface area contributed by atoms with E-state index in [0.717, 1.165) is 35.6 Å². The van der Waals surface area contributed by atoms with Crippen molar-refractivity contribution in [3.05, 3.63) is 57.6 Å². The molecule has 4 N–H and O–H groups in total. The highest BCUT2D eigenvalue weighted by molar-refractivity contribution is 6.31. The van der Waals surface area contributed by atoms with Crippen molar-refractivity contribution >= 4 is 22.9 Å². The highest BCUT2D eigenvalue weighted by atomic mass is 16.1. The second-order valence-electron chi connectivity index (χ2n) is 6.87. The molecule has 0 saturated carbocycles. The van der Waals surface area contributed by atoms with E-state index in [1.807, 2.05) is 32.0 Å². The maximum absolute atomic E-state index is 13.2. The van der Waals surface area contributed by atoms with Crippen molar-refractivity contribution in [1.82, 2.24) is 10.6 Å². The van der Waals surface area contributed by atoms with E-state index in [-0.39, 0.29) is 23.9 Å². The molecule has 132 valence electrons. The van der Waals surface area contributed by atoms with Crippen LogP contribution < -0.4 is 21.3 Å². The third kappa shape index (κ3) is 1.88. The summed E-state index contributed by atoms with van der Waals surface area (Å²) in [5.41, 5.74) is 5.55. The van der Waals surface area contributed by atoms with Gasteiger partial charge in [-0.1, -0.05) is 19.9 Å². The van der Waals surface area contributed by atoms with Gasteiger partial charge in [-0.15, -0.1) is 0 Å². The molecule has 0 saturated heterocycles. The molecule has 0 spiro atoms.